The summed E-state index contributed by atoms with van der Waals surface area (Å²) in [5.74, 6) is 0.833. The SMILES string of the molecule is COc1ccc(CCNC(=O)NCCc2cnn(-c3ccccc3)c2)cc1. The molecule has 0 radical (unpaired) electrons. The smallest absolute Gasteiger partial charge is 0.314 e. The molecular formula is C21H24N4O2. The van der Waals surface area contributed by atoms with E-state index < -0.39 is 0 Å². The maximum absolute atomic E-state index is 11.9. The van der Waals surface area contributed by atoms with Gasteiger partial charge in [-0.2, -0.15) is 5.10 Å². The summed E-state index contributed by atoms with van der Waals surface area (Å²) in [5, 5.41) is 10.1. The van der Waals surface area contributed by atoms with E-state index in [0.717, 1.165) is 35.4 Å². The summed E-state index contributed by atoms with van der Waals surface area (Å²) in [6.07, 6.45) is 5.33. The number of methoxy groups -OCH3 is 1. The van der Waals surface area contributed by atoms with Gasteiger partial charge in [0.15, 0.2) is 0 Å². The van der Waals surface area contributed by atoms with Crippen molar-refractivity contribution in [2.24, 2.45) is 0 Å². The Morgan fingerprint density at radius 2 is 1.63 bits per heavy atom. The summed E-state index contributed by atoms with van der Waals surface area (Å²) in [7, 11) is 1.65. The van der Waals surface area contributed by atoms with Crippen molar-refractivity contribution in [3.63, 3.8) is 0 Å². The number of benzene rings is 2. The van der Waals surface area contributed by atoms with Crippen molar-refractivity contribution in [3.8, 4) is 11.4 Å². The summed E-state index contributed by atoms with van der Waals surface area (Å²) in [5.41, 5.74) is 3.26. The average Bonchev–Trinajstić information content (AvgIpc) is 3.18. The second-order valence-electron chi connectivity index (χ2n) is 6.16. The van der Waals surface area contributed by atoms with E-state index >= 15 is 0 Å². The van der Waals surface area contributed by atoms with Crippen LogP contribution in [0.5, 0.6) is 5.75 Å². The number of aromatic nitrogens is 2. The number of rotatable bonds is 8. The number of ether oxygens (including phenoxy) is 1. The van der Waals surface area contributed by atoms with Crippen molar-refractivity contribution in [1.29, 1.82) is 0 Å². The van der Waals surface area contributed by atoms with Crippen LogP contribution in [0.1, 0.15) is 11.1 Å². The third-order valence-electron chi connectivity index (χ3n) is 4.21. The molecule has 3 rings (SSSR count). The van der Waals surface area contributed by atoms with E-state index in [1.807, 2.05) is 71.7 Å². The minimum Gasteiger partial charge on any atom is -0.497 e. The Labute approximate surface area is 159 Å². The maximum Gasteiger partial charge on any atom is 0.314 e. The Morgan fingerprint density at radius 3 is 2.30 bits per heavy atom. The third-order valence-corrected chi connectivity index (χ3v) is 4.21. The second-order valence-corrected chi connectivity index (χ2v) is 6.16. The Kier molecular flexibility index (Phi) is 6.46. The van der Waals surface area contributed by atoms with Gasteiger partial charge in [-0.3, -0.25) is 0 Å². The zero-order valence-corrected chi connectivity index (χ0v) is 15.4. The molecule has 2 amide bonds. The van der Waals surface area contributed by atoms with E-state index in [4.69, 9.17) is 4.74 Å². The maximum atomic E-state index is 11.9. The number of carbonyl (C=O) groups excluding carboxylic acids is 1. The highest BCUT2D eigenvalue weighted by molar-refractivity contribution is 5.73. The van der Waals surface area contributed by atoms with Crippen molar-refractivity contribution >= 4 is 6.03 Å². The van der Waals surface area contributed by atoms with Crippen molar-refractivity contribution in [1.82, 2.24) is 20.4 Å². The molecular weight excluding hydrogens is 340 g/mol. The largest absolute Gasteiger partial charge is 0.497 e. The predicted molar refractivity (Wildman–Crippen MR) is 105 cm³/mol. The molecule has 0 atom stereocenters. The molecule has 2 N–H and O–H groups in total. The van der Waals surface area contributed by atoms with E-state index in [2.05, 4.69) is 15.7 Å². The molecule has 2 aromatic carbocycles. The third kappa shape index (κ3) is 5.60. The van der Waals surface area contributed by atoms with Crippen LogP contribution in [-0.4, -0.2) is 36.0 Å². The van der Waals surface area contributed by atoms with E-state index in [-0.39, 0.29) is 6.03 Å². The number of amides is 2. The molecule has 3 aromatic rings. The fourth-order valence-electron chi connectivity index (χ4n) is 2.71. The van der Waals surface area contributed by atoms with Gasteiger partial charge >= 0.3 is 6.03 Å². The van der Waals surface area contributed by atoms with Crippen molar-refractivity contribution < 1.29 is 9.53 Å². The molecule has 6 nitrogen and oxygen atoms in total. The van der Waals surface area contributed by atoms with Crippen LogP contribution >= 0.6 is 0 Å². The summed E-state index contributed by atoms with van der Waals surface area (Å²) < 4.78 is 6.97. The molecule has 140 valence electrons. The molecule has 0 saturated heterocycles. The normalized spacial score (nSPS) is 10.4. The fourth-order valence-corrected chi connectivity index (χ4v) is 2.71. The number of nitrogens with one attached hydrogen (secondary N) is 2. The van der Waals surface area contributed by atoms with Crippen molar-refractivity contribution in [3.05, 3.63) is 78.1 Å². The topological polar surface area (TPSA) is 68.2 Å². The molecule has 0 saturated carbocycles. The number of para-hydroxylation sites is 1. The molecule has 1 aromatic heterocycles. The lowest BCUT2D eigenvalue weighted by molar-refractivity contribution is 0.241. The minimum absolute atomic E-state index is 0.154. The quantitative estimate of drug-likeness (QED) is 0.646. The molecule has 0 spiro atoms. The van der Waals surface area contributed by atoms with Crippen LogP contribution in [-0.2, 0) is 12.8 Å². The van der Waals surface area contributed by atoms with Crippen LogP contribution in [0.25, 0.3) is 5.69 Å². The Morgan fingerprint density at radius 1 is 0.963 bits per heavy atom. The van der Waals surface area contributed by atoms with E-state index in [1.165, 1.54) is 0 Å². The predicted octanol–water partition coefficient (Wildman–Crippen LogP) is 2.97. The molecule has 0 bridgehead atoms. The van der Waals surface area contributed by atoms with Gasteiger partial charge < -0.3 is 15.4 Å². The monoisotopic (exact) mass is 364 g/mol. The molecule has 1 heterocycles. The molecule has 0 aliphatic rings. The molecule has 6 heteroatoms. The van der Waals surface area contributed by atoms with Gasteiger partial charge in [0.1, 0.15) is 5.75 Å². The lowest BCUT2D eigenvalue weighted by Gasteiger charge is -2.07. The highest BCUT2D eigenvalue weighted by Gasteiger charge is 2.03. The molecule has 0 aliphatic heterocycles. The molecule has 0 aliphatic carbocycles. The lowest BCUT2D eigenvalue weighted by Crippen LogP contribution is -2.37. The number of nitrogens with zero attached hydrogens (tertiary/aromatic N) is 2. The van der Waals surface area contributed by atoms with Crippen LogP contribution in [0.2, 0.25) is 0 Å². The van der Waals surface area contributed by atoms with Crippen molar-refractivity contribution in [2.75, 3.05) is 20.2 Å². The zero-order chi connectivity index (χ0) is 18.9. The number of hydrogen-bond donors (Lipinski definition) is 2. The van der Waals surface area contributed by atoms with Gasteiger partial charge in [-0.15, -0.1) is 0 Å². The van der Waals surface area contributed by atoms with Gasteiger partial charge in [0, 0.05) is 19.3 Å². The zero-order valence-electron chi connectivity index (χ0n) is 15.4. The second kappa shape index (κ2) is 9.43. The molecule has 0 unspecified atom stereocenters. The van der Waals surface area contributed by atoms with Gasteiger partial charge in [-0.05, 0) is 48.2 Å². The summed E-state index contributed by atoms with van der Waals surface area (Å²) >= 11 is 0. The first-order valence-electron chi connectivity index (χ1n) is 8.98. The first-order chi connectivity index (χ1) is 13.2. The van der Waals surface area contributed by atoms with Gasteiger partial charge in [-0.1, -0.05) is 30.3 Å². The summed E-state index contributed by atoms with van der Waals surface area (Å²) in [6, 6.07) is 17.6. The lowest BCUT2D eigenvalue weighted by atomic mass is 10.1. The first-order valence-corrected chi connectivity index (χ1v) is 8.98. The average molecular weight is 364 g/mol. The van der Waals surface area contributed by atoms with Crippen LogP contribution in [0.3, 0.4) is 0 Å². The van der Waals surface area contributed by atoms with Gasteiger partial charge in [0.25, 0.3) is 0 Å². The minimum atomic E-state index is -0.154. The Balaban J connectivity index is 1.35. The molecule has 0 fully saturated rings. The number of urea groups is 1. The van der Waals surface area contributed by atoms with Gasteiger partial charge in [-0.25, -0.2) is 9.48 Å². The van der Waals surface area contributed by atoms with Crippen LogP contribution in [0.4, 0.5) is 4.79 Å². The first kappa shape index (κ1) is 18.5. The summed E-state index contributed by atoms with van der Waals surface area (Å²) in [6.45, 7) is 1.15. The van der Waals surface area contributed by atoms with Crippen LogP contribution in [0, 0.1) is 0 Å². The van der Waals surface area contributed by atoms with Gasteiger partial charge in [0.2, 0.25) is 0 Å². The summed E-state index contributed by atoms with van der Waals surface area (Å²) in [4.78, 5) is 11.9. The van der Waals surface area contributed by atoms with E-state index in [0.29, 0.717) is 13.1 Å². The highest BCUT2D eigenvalue weighted by atomic mass is 16.5. The van der Waals surface area contributed by atoms with E-state index in [1.54, 1.807) is 7.11 Å². The fraction of sp³-hybridized carbons (Fsp3) is 0.238. The molecule has 27 heavy (non-hydrogen) atoms. The standard InChI is InChI=1S/C21H24N4O2/c1-27-20-9-7-17(8-10-20)11-13-22-21(26)23-14-12-18-15-24-25(16-18)19-5-3-2-4-6-19/h2-10,15-16H,11-14H2,1H3,(H2,22,23,26). The highest BCUT2D eigenvalue weighted by Crippen LogP contribution is 2.11. The van der Waals surface area contributed by atoms with Crippen molar-refractivity contribution in [2.45, 2.75) is 12.8 Å². The van der Waals surface area contributed by atoms with Gasteiger partial charge in [0.05, 0.1) is 19.0 Å². The number of hydrogen-bond acceptors (Lipinski definition) is 3. The van der Waals surface area contributed by atoms with E-state index in [9.17, 15) is 4.79 Å². The number of carbonyl (C=O) groups is 1. The van der Waals surface area contributed by atoms with Crippen LogP contribution < -0.4 is 15.4 Å². The van der Waals surface area contributed by atoms with Crippen LogP contribution in [0.15, 0.2) is 67.0 Å². The Bertz CT molecular complexity index is 844. The Hall–Kier alpha value is -3.28.